The minimum absolute atomic E-state index is 0.229. The quantitative estimate of drug-likeness (QED) is 0.796. The van der Waals surface area contributed by atoms with Gasteiger partial charge in [-0.05, 0) is 32.9 Å². The van der Waals surface area contributed by atoms with Crippen molar-refractivity contribution in [3.05, 3.63) is 35.4 Å². The Morgan fingerprint density at radius 1 is 1.41 bits per heavy atom. The molecule has 0 aliphatic heterocycles. The van der Waals surface area contributed by atoms with Crippen LogP contribution >= 0.6 is 0 Å². The number of carbonyl (C=O) groups is 1. The first-order chi connectivity index (χ1) is 8.04. The number of hydrogen-bond acceptors (Lipinski definition) is 3. The largest absolute Gasteiger partial charge is 0.464 e. The maximum absolute atomic E-state index is 12.1. The maximum Gasteiger partial charge on any atom is 0.330 e. The Morgan fingerprint density at radius 3 is 2.65 bits per heavy atom. The number of benzene rings is 1. The minimum Gasteiger partial charge on any atom is -0.464 e. The van der Waals surface area contributed by atoms with Crippen molar-refractivity contribution < 1.29 is 9.53 Å². The Hall–Kier alpha value is -1.35. The standard InChI is InChI=1S/C14H21NO2/c1-5-15-14(4,13(16)17-6-2)12-9-7-8-11(3)10-12/h7-10,15H,5-6H2,1-4H3. The Labute approximate surface area is 103 Å². The van der Waals surface area contributed by atoms with Gasteiger partial charge in [0.25, 0.3) is 0 Å². The average Bonchev–Trinajstić information content (AvgIpc) is 2.29. The molecule has 0 aliphatic carbocycles. The van der Waals surface area contributed by atoms with Gasteiger partial charge in [0.05, 0.1) is 6.61 Å². The molecule has 17 heavy (non-hydrogen) atoms. The van der Waals surface area contributed by atoms with Crippen LogP contribution in [-0.2, 0) is 15.1 Å². The molecule has 1 aromatic rings. The van der Waals surface area contributed by atoms with E-state index in [9.17, 15) is 4.79 Å². The van der Waals surface area contributed by atoms with E-state index in [0.29, 0.717) is 13.2 Å². The first-order valence-electron chi connectivity index (χ1n) is 6.04. The number of aryl methyl sites for hydroxylation is 1. The Morgan fingerprint density at radius 2 is 2.12 bits per heavy atom. The lowest BCUT2D eigenvalue weighted by Crippen LogP contribution is -2.47. The third-order valence-corrected chi connectivity index (χ3v) is 2.81. The van der Waals surface area contributed by atoms with Crippen LogP contribution in [0.2, 0.25) is 0 Å². The molecular formula is C14H21NO2. The van der Waals surface area contributed by atoms with Crippen LogP contribution < -0.4 is 5.32 Å². The zero-order valence-corrected chi connectivity index (χ0v) is 11.0. The Balaban J connectivity index is 3.10. The monoisotopic (exact) mass is 235 g/mol. The van der Waals surface area contributed by atoms with Crippen molar-refractivity contribution in [2.45, 2.75) is 33.2 Å². The average molecular weight is 235 g/mol. The van der Waals surface area contributed by atoms with Crippen LogP contribution in [0.4, 0.5) is 0 Å². The molecular weight excluding hydrogens is 214 g/mol. The fourth-order valence-electron chi connectivity index (χ4n) is 1.88. The molecule has 0 spiro atoms. The highest BCUT2D eigenvalue weighted by Gasteiger charge is 2.35. The summed E-state index contributed by atoms with van der Waals surface area (Å²) in [5, 5.41) is 3.21. The number of ether oxygens (including phenoxy) is 1. The summed E-state index contributed by atoms with van der Waals surface area (Å²) in [5.41, 5.74) is 1.31. The summed E-state index contributed by atoms with van der Waals surface area (Å²) in [6.07, 6.45) is 0. The molecule has 0 aromatic heterocycles. The van der Waals surface area contributed by atoms with E-state index in [4.69, 9.17) is 4.74 Å². The SMILES string of the molecule is CCNC(C)(C(=O)OCC)c1cccc(C)c1. The van der Waals surface area contributed by atoms with Crippen molar-refractivity contribution in [2.75, 3.05) is 13.2 Å². The molecule has 3 nitrogen and oxygen atoms in total. The second kappa shape index (κ2) is 5.82. The molecule has 1 aromatic carbocycles. The zero-order chi connectivity index (χ0) is 12.9. The van der Waals surface area contributed by atoms with E-state index in [1.807, 2.05) is 52.0 Å². The number of carbonyl (C=O) groups excluding carboxylic acids is 1. The molecule has 0 bridgehead atoms. The molecule has 0 amide bonds. The number of likely N-dealkylation sites (N-methyl/N-ethyl adjacent to an activating group) is 1. The fourth-order valence-corrected chi connectivity index (χ4v) is 1.88. The summed E-state index contributed by atoms with van der Waals surface area (Å²) in [6, 6.07) is 7.94. The van der Waals surface area contributed by atoms with Crippen LogP contribution in [0, 0.1) is 6.92 Å². The summed E-state index contributed by atoms with van der Waals surface area (Å²) in [6.45, 7) is 8.78. The van der Waals surface area contributed by atoms with Crippen molar-refractivity contribution in [1.29, 1.82) is 0 Å². The van der Waals surface area contributed by atoms with Gasteiger partial charge in [-0.2, -0.15) is 0 Å². The van der Waals surface area contributed by atoms with Gasteiger partial charge >= 0.3 is 5.97 Å². The predicted molar refractivity (Wildman–Crippen MR) is 68.8 cm³/mol. The first-order valence-corrected chi connectivity index (χ1v) is 6.04. The smallest absolute Gasteiger partial charge is 0.330 e. The normalized spacial score (nSPS) is 14.1. The van der Waals surface area contributed by atoms with Gasteiger partial charge in [-0.3, -0.25) is 5.32 Å². The fraction of sp³-hybridized carbons (Fsp3) is 0.500. The second-order valence-electron chi connectivity index (χ2n) is 4.25. The minimum atomic E-state index is -0.767. The van der Waals surface area contributed by atoms with Gasteiger partial charge in [0.1, 0.15) is 5.54 Å². The molecule has 94 valence electrons. The van der Waals surface area contributed by atoms with Crippen LogP contribution in [0.5, 0.6) is 0 Å². The summed E-state index contributed by atoms with van der Waals surface area (Å²) in [7, 11) is 0. The van der Waals surface area contributed by atoms with E-state index in [1.165, 1.54) is 0 Å². The van der Waals surface area contributed by atoms with E-state index in [-0.39, 0.29) is 5.97 Å². The van der Waals surface area contributed by atoms with Gasteiger partial charge < -0.3 is 4.74 Å². The lowest BCUT2D eigenvalue weighted by Gasteiger charge is -2.28. The molecule has 0 fully saturated rings. The molecule has 0 heterocycles. The summed E-state index contributed by atoms with van der Waals surface area (Å²) in [4.78, 5) is 12.1. The second-order valence-corrected chi connectivity index (χ2v) is 4.25. The molecule has 1 atom stereocenters. The van der Waals surface area contributed by atoms with Crippen LogP contribution in [0.1, 0.15) is 31.9 Å². The highest BCUT2D eigenvalue weighted by molar-refractivity contribution is 5.82. The molecule has 0 aliphatic rings. The van der Waals surface area contributed by atoms with E-state index >= 15 is 0 Å². The molecule has 0 saturated carbocycles. The van der Waals surface area contributed by atoms with Crippen LogP contribution in [0.3, 0.4) is 0 Å². The van der Waals surface area contributed by atoms with Crippen molar-refractivity contribution in [3.63, 3.8) is 0 Å². The highest BCUT2D eigenvalue weighted by Crippen LogP contribution is 2.23. The first kappa shape index (κ1) is 13.7. The summed E-state index contributed by atoms with van der Waals surface area (Å²) in [5.74, 6) is -0.229. The summed E-state index contributed by atoms with van der Waals surface area (Å²) < 4.78 is 5.15. The van der Waals surface area contributed by atoms with Crippen LogP contribution in [0.15, 0.2) is 24.3 Å². The molecule has 1 N–H and O–H groups in total. The Bertz CT molecular complexity index is 390. The van der Waals surface area contributed by atoms with Crippen LogP contribution in [-0.4, -0.2) is 19.1 Å². The van der Waals surface area contributed by atoms with Gasteiger partial charge in [0.2, 0.25) is 0 Å². The third kappa shape index (κ3) is 3.07. The summed E-state index contributed by atoms with van der Waals surface area (Å²) >= 11 is 0. The van der Waals surface area contributed by atoms with Crippen molar-refractivity contribution in [2.24, 2.45) is 0 Å². The van der Waals surface area contributed by atoms with E-state index < -0.39 is 5.54 Å². The number of nitrogens with one attached hydrogen (secondary N) is 1. The van der Waals surface area contributed by atoms with E-state index in [1.54, 1.807) is 0 Å². The molecule has 3 heteroatoms. The van der Waals surface area contributed by atoms with Crippen molar-refractivity contribution in [3.8, 4) is 0 Å². The zero-order valence-electron chi connectivity index (χ0n) is 11.0. The number of hydrogen-bond donors (Lipinski definition) is 1. The van der Waals surface area contributed by atoms with Gasteiger partial charge in [-0.1, -0.05) is 36.8 Å². The van der Waals surface area contributed by atoms with E-state index in [0.717, 1.165) is 11.1 Å². The molecule has 0 saturated heterocycles. The lowest BCUT2D eigenvalue weighted by atomic mass is 9.91. The van der Waals surface area contributed by atoms with Crippen molar-refractivity contribution >= 4 is 5.97 Å². The van der Waals surface area contributed by atoms with Crippen LogP contribution in [0.25, 0.3) is 0 Å². The number of esters is 1. The molecule has 0 radical (unpaired) electrons. The highest BCUT2D eigenvalue weighted by atomic mass is 16.5. The van der Waals surface area contributed by atoms with Gasteiger partial charge in [0, 0.05) is 0 Å². The van der Waals surface area contributed by atoms with Gasteiger partial charge in [-0.15, -0.1) is 0 Å². The molecule has 1 unspecified atom stereocenters. The lowest BCUT2D eigenvalue weighted by molar-refractivity contribution is -0.151. The number of rotatable bonds is 5. The maximum atomic E-state index is 12.1. The molecule has 1 rings (SSSR count). The predicted octanol–water partition coefficient (Wildman–Crippen LogP) is 2.38. The van der Waals surface area contributed by atoms with Crippen molar-refractivity contribution in [1.82, 2.24) is 5.32 Å². The van der Waals surface area contributed by atoms with Gasteiger partial charge in [-0.25, -0.2) is 4.79 Å². The topological polar surface area (TPSA) is 38.3 Å². The van der Waals surface area contributed by atoms with Gasteiger partial charge in [0.15, 0.2) is 0 Å². The Kier molecular flexibility index (Phi) is 4.70. The van der Waals surface area contributed by atoms with E-state index in [2.05, 4.69) is 5.32 Å². The third-order valence-electron chi connectivity index (χ3n) is 2.81.